The Morgan fingerprint density at radius 3 is 2.73 bits per heavy atom. The number of aromatic nitrogens is 5. The lowest BCUT2D eigenvalue weighted by atomic mass is 10.0. The largest absolute Gasteiger partial charge is 0.609 e. The van der Waals surface area contributed by atoms with E-state index in [2.05, 4.69) is 21.5 Å². The Morgan fingerprint density at radius 2 is 2.08 bits per heavy atom. The average molecular weight is 529 g/mol. The van der Waals surface area contributed by atoms with Crippen LogP contribution in [0.25, 0.3) is 16.9 Å². The summed E-state index contributed by atoms with van der Waals surface area (Å²) in [6, 6.07) is 5.21. The molecule has 1 aliphatic heterocycles. The monoisotopic (exact) mass is 528 g/mol. The minimum atomic E-state index is -1.42. The van der Waals surface area contributed by atoms with E-state index in [9.17, 15) is 14.1 Å². The first-order valence-electron chi connectivity index (χ1n) is 12.0. The van der Waals surface area contributed by atoms with Crippen LogP contribution >= 0.6 is 0 Å². The number of hydrogen-bond donors (Lipinski definition) is 0. The number of piperidine rings is 1. The van der Waals surface area contributed by atoms with Crippen LogP contribution in [0.1, 0.15) is 40.5 Å². The van der Waals surface area contributed by atoms with Crippen LogP contribution in [-0.4, -0.2) is 70.4 Å². The molecule has 4 rings (SSSR count). The predicted octanol–water partition coefficient (Wildman–Crippen LogP) is 3.07. The second-order valence-corrected chi connectivity index (χ2v) is 11.2. The zero-order chi connectivity index (χ0) is 26.9. The number of amides is 1. The Morgan fingerprint density at radius 1 is 1.32 bits per heavy atom. The summed E-state index contributed by atoms with van der Waals surface area (Å²) in [7, 11) is 0. The van der Waals surface area contributed by atoms with Crippen molar-refractivity contribution in [3.63, 3.8) is 0 Å². The number of likely N-dealkylation sites (tertiary alicyclic amines) is 1. The van der Waals surface area contributed by atoms with Gasteiger partial charge < -0.3 is 18.9 Å². The smallest absolute Gasteiger partial charge is 0.410 e. The van der Waals surface area contributed by atoms with Crippen LogP contribution in [0.15, 0.2) is 47.0 Å². The van der Waals surface area contributed by atoms with Crippen molar-refractivity contribution in [3.8, 4) is 11.7 Å². The molecule has 0 radical (unpaired) electrons. The van der Waals surface area contributed by atoms with Crippen molar-refractivity contribution in [2.45, 2.75) is 70.0 Å². The van der Waals surface area contributed by atoms with Gasteiger partial charge in [-0.05, 0) is 33.8 Å². The number of allylic oxidation sites excluding steroid dienone is 1. The number of rotatable bonds is 6. The first-order chi connectivity index (χ1) is 17.5. The van der Waals surface area contributed by atoms with Crippen LogP contribution < -0.4 is 10.3 Å². The molecule has 0 bridgehead atoms. The van der Waals surface area contributed by atoms with Crippen LogP contribution in [0.2, 0.25) is 0 Å². The Hall–Kier alpha value is -3.38. The molecule has 198 valence electrons. The van der Waals surface area contributed by atoms with E-state index in [4.69, 9.17) is 9.47 Å². The lowest BCUT2D eigenvalue weighted by Gasteiger charge is -2.38. The molecule has 1 saturated heterocycles. The molecule has 3 aromatic heterocycles. The summed E-state index contributed by atoms with van der Waals surface area (Å²) in [5.74, 6) is 0.797. The highest BCUT2D eigenvalue weighted by molar-refractivity contribution is 7.90. The van der Waals surface area contributed by atoms with Gasteiger partial charge in [-0.15, -0.1) is 6.58 Å². The second kappa shape index (κ2) is 10.5. The van der Waals surface area contributed by atoms with Crippen LogP contribution in [0.3, 0.4) is 0 Å². The summed E-state index contributed by atoms with van der Waals surface area (Å²) in [6.07, 6.45) is 5.24. The number of fused-ring (bicyclic) bond motifs is 1. The van der Waals surface area contributed by atoms with E-state index >= 15 is 0 Å². The lowest BCUT2D eigenvalue weighted by Crippen LogP contribution is -2.49. The Bertz CT molecular complexity index is 1360. The van der Waals surface area contributed by atoms with Gasteiger partial charge in [0.15, 0.2) is 11.5 Å². The third-order valence-electron chi connectivity index (χ3n) is 5.88. The van der Waals surface area contributed by atoms with E-state index in [-0.39, 0.29) is 40.9 Å². The fourth-order valence-electron chi connectivity index (χ4n) is 4.26. The topological polar surface area (TPSA) is 127 Å². The molecule has 37 heavy (non-hydrogen) atoms. The van der Waals surface area contributed by atoms with Crippen LogP contribution in [0, 0.1) is 0 Å². The molecule has 0 N–H and O–H groups in total. The molecule has 0 spiro atoms. The molecule has 1 unspecified atom stereocenters. The van der Waals surface area contributed by atoms with Gasteiger partial charge in [0.25, 0.3) is 5.56 Å². The number of carbonyl (C=O) groups is 1. The molecular weight excluding hydrogens is 496 g/mol. The minimum Gasteiger partial charge on any atom is -0.609 e. The van der Waals surface area contributed by atoms with Gasteiger partial charge in [-0.2, -0.15) is 15.0 Å². The number of nitrogens with zero attached hydrogens (tertiary/aromatic N) is 6. The van der Waals surface area contributed by atoms with E-state index in [1.165, 1.54) is 17.1 Å². The maximum absolute atomic E-state index is 13.0. The molecule has 4 heterocycles. The highest BCUT2D eigenvalue weighted by Gasteiger charge is 2.33. The number of pyridine rings is 1. The van der Waals surface area contributed by atoms with Gasteiger partial charge in [0.2, 0.25) is 5.88 Å². The molecule has 3 atom stereocenters. The van der Waals surface area contributed by atoms with Crippen molar-refractivity contribution in [1.82, 2.24) is 29.2 Å². The summed E-state index contributed by atoms with van der Waals surface area (Å²) in [5.41, 5.74) is -0.558. The zero-order valence-corrected chi connectivity index (χ0v) is 22.5. The maximum atomic E-state index is 13.0. The summed E-state index contributed by atoms with van der Waals surface area (Å²) >= 11 is -1.42. The minimum absolute atomic E-state index is 0.0621. The van der Waals surface area contributed by atoms with Crippen LogP contribution in [0.5, 0.6) is 5.88 Å². The molecular formula is C25H32N6O5S. The summed E-state index contributed by atoms with van der Waals surface area (Å²) in [6.45, 7) is 12.0. The summed E-state index contributed by atoms with van der Waals surface area (Å²) < 4.78 is 26.7. The van der Waals surface area contributed by atoms with Crippen molar-refractivity contribution in [2.75, 3.05) is 12.8 Å². The molecule has 1 amide bonds. The van der Waals surface area contributed by atoms with Gasteiger partial charge in [-0.25, -0.2) is 14.2 Å². The third-order valence-corrected chi connectivity index (χ3v) is 6.59. The van der Waals surface area contributed by atoms with E-state index in [1.54, 1.807) is 33.9 Å². The second-order valence-electron chi connectivity index (χ2n) is 9.95. The van der Waals surface area contributed by atoms with Gasteiger partial charge in [-0.1, -0.05) is 12.1 Å². The molecule has 3 aromatic rings. The molecule has 0 aromatic carbocycles. The van der Waals surface area contributed by atoms with E-state index < -0.39 is 16.8 Å². The van der Waals surface area contributed by atoms with Gasteiger partial charge in [0.05, 0.1) is 12.7 Å². The van der Waals surface area contributed by atoms with Gasteiger partial charge in [-0.3, -0.25) is 4.79 Å². The van der Waals surface area contributed by atoms with Crippen molar-refractivity contribution < 1.29 is 18.8 Å². The van der Waals surface area contributed by atoms with Crippen molar-refractivity contribution >= 4 is 28.3 Å². The summed E-state index contributed by atoms with van der Waals surface area (Å²) in [5, 5.41) is 0.405. The number of hydrogen-bond acceptors (Lipinski definition) is 8. The molecule has 1 aliphatic rings. The fraction of sp³-hybridized carbons (Fsp3) is 0.480. The zero-order valence-electron chi connectivity index (χ0n) is 21.7. The first-order valence-corrected chi connectivity index (χ1v) is 13.6. The molecule has 12 heteroatoms. The number of ether oxygens (including phenoxy) is 2. The maximum Gasteiger partial charge on any atom is 0.410 e. The molecule has 0 aliphatic carbocycles. The highest BCUT2D eigenvalue weighted by atomic mass is 32.2. The van der Waals surface area contributed by atoms with E-state index in [0.717, 1.165) is 0 Å². The molecule has 0 saturated carbocycles. The van der Waals surface area contributed by atoms with Crippen molar-refractivity contribution in [2.24, 2.45) is 0 Å². The number of carbonyl (C=O) groups excluding carboxylic acids is 1. The van der Waals surface area contributed by atoms with Gasteiger partial charge in [0.1, 0.15) is 23.3 Å². The Balaban J connectivity index is 1.60. The van der Waals surface area contributed by atoms with E-state index in [0.29, 0.717) is 36.7 Å². The van der Waals surface area contributed by atoms with Crippen LogP contribution in [0.4, 0.5) is 4.79 Å². The third kappa shape index (κ3) is 5.80. The molecule has 1 fully saturated rings. The fourth-order valence-corrected chi connectivity index (χ4v) is 4.67. The van der Waals surface area contributed by atoms with Crippen molar-refractivity contribution in [3.05, 3.63) is 47.4 Å². The van der Waals surface area contributed by atoms with Crippen LogP contribution in [-0.2, 0) is 22.5 Å². The van der Waals surface area contributed by atoms with Gasteiger partial charge >= 0.3 is 11.2 Å². The quantitative estimate of drug-likeness (QED) is 0.271. The van der Waals surface area contributed by atoms with E-state index in [1.807, 2.05) is 27.7 Å². The standard InChI is InChI=1S/C25H32N6O5S/c1-7-12-30-22(32)18-15-26-23(37(6)34)28-21(18)31(30)19-9-8-10-20(27-19)35-17-11-13-29(16(2)14-17)24(33)36-25(3,4)5/h7-10,15-17H,1,11-14H2,2-6H3/t16-,17-,37?/m1/s1. The first kappa shape index (κ1) is 26.7. The predicted molar refractivity (Wildman–Crippen MR) is 140 cm³/mol. The molecule has 11 nitrogen and oxygen atoms in total. The average Bonchev–Trinajstić information content (AvgIpc) is 3.09. The Kier molecular flexibility index (Phi) is 7.60. The lowest BCUT2D eigenvalue weighted by molar-refractivity contribution is -0.00150. The summed E-state index contributed by atoms with van der Waals surface area (Å²) in [4.78, 5) is 40.4. The SMILES string of the molecule is C=CCn1c(=O)c2cnc([S+](C)[O-])nc2n1-c1cccc(O[C@@H]2CCN(C(=O)OC(C)(C)C)[C@H](C)C2)n1. The highest BCUT2D eigenvalue weighted by Crippen LogP contribution is 2.25. The Labute approximate surface area is 218 Å². The van der Waals surface area contributed by atoms with Gasteiger partial charge in [0, 0.05) is 42.7 Å². The normalized spacial score (nSPS) is 19.0. The van der Waals surface area contributed by atoms with Crippen molar-refractivity contribution in [1.29, 1.82) is 0 Å².